The second-order valence-corrected chi connectivity index (χ2v) is 8.27. The van der Waals surface area contributed by atoms with Gasteiger partial charge in [-0.2, -0.15) is 0 Å². The van der Waals surface area contributed by atoms with Gasteiger partial charge in [0.2, 0.25) is 0 Å². The Kier molecular flexibility index (Phi) is 9.98. The lowest BCUT2D eigenvalue weighted by atomic mass is 9.89. The van der Waals surface area contributed by atoms with E-state index >= 15 is 0 Å². The van der Waals surface area contributed by atoms with Crippen molar-refractivity contribution in [2.75, 3.05) is 52.9 Å². The SMILES string of the molecule is CCC(C)(C)/C=C/c1ccc(C(C)C)c2c1OCCOCCOCCOCCO2. The van der Waals surface area contributed by atoms with E-state index in [1.165, 1.54) is 0 Å². The van der Waals surface area contributed by atoms with E-state index < -0.39 is 0 Å². The second kappa shape index (κ2) is 12.2. The van der Waals surface area contributed by atoms with E-state index in [9.17, 15) is 0 Å². The van der Waals surface area contributed by atoms with E-state index in [1.807, 2.05) is 0 Å². The zero-order chi connectivity index (χ0) is 21.1. The molecule has 1 aliphatic heterocycles. The number of fused-ring (bicyclic) bond motifs is 1. The largest absolute Gasteiger partial charge is 0.487 e. The molecule has 1 heterocycles. The molecule has 1 aromatic rings. The molecule has 1 aliphatic rings. The van der Waals surface area contributed by atoms with Gasteiger partial charge in [0.1, 0.15) is 13.2 Å². The Balaban J connectivity index is 2.33. The quantitative estimate of drug-likeness (QED) is 0.698. The zero-order valence-electron chi connectivity index (χ0n) is 18.8. The minimum Gasteiger partial charge on any atom is -0.487 e. The lowest BCUT2D eigenvalue weighted by Gasteiger charge is -2.21. The average Bonchev–Trinajstić information content (AvgIpc) is 2.70. The summed E-state index contributed by atoms with van der Waals surface area (Å²) >= 11 is 0. The first-order valence-electron chi connectivity index (χ1n) is 10.8. The number of benzene rings is 1. The van der Waals surface area contributed by atoms with Crippen molar-refractivity contribution in [3.8, 4) is 11.5 Å². The summed E-state index contributed by atoms with van der Waals surface area (Å²) in [6.45, 7) is 15.2. The van der Waals surface area contributed by atoms with Crippen LogP contribution >= 0.6 is 0 Å². The second-order valence-electron chi connectivity index (χ2n) is 8.27. The third kappa shape index (κ3) is 8.00. The summed E-state index contributed by atoms with van der Waals surface area (Å²) in [5, 5.41) is 0. The van der Waals surface area contributed by atoms with Gasteiger partial charge in [-0.05, 0) is 17.8 Å². The maximum atomic E-state index is 6.20. The van der Waals surface area contributed by atoms with E-state index in [-0.39, 0.29) is 5.41 Å². The molecule has 0 aromatic heterocycles. The standard InChI is InChI=1S/C24H38O5/c1-6-24(4,5)10-9-20-7-8-21(19(2)3)23-22(20)28-17-15-26-13-11-25-12-14-27-16-18-29-23/h7-10,19H,6,11-18H2,1-5H3/b10-9+. The fourth-order valence-electron chi connectivity index (χ4n) is 2.86. The summed E-state index contributed by atoms with van der Waals surface area (Å²) in [6.07, 6.45) is 5.46. The number of allylic oxidation sites excluding steroid dienone is 1. The molecule has 0 unspecified atom stereocenters. The molecule has 0 saturated heterocycles. The van der Waals surface area contributed by atoms with Crippen molar-refractivity contribution < 1.29 is 23.7 Å². The van der Waals surface area contributed by atoms with Crippen molar-refractivity contribution in [2.24, 2.45) is 5.41 Å². The molecule has 0 radical (unpaired) electrons. The summed E-state index contributed by atoms with van der Waals surface area (Å²) in [7, 11) is 0. The Morgan fingerprint density at radius 2 is 1.34 bits per heavy atom. The predicted molar refractivity (Wildman–Crippen MR) is 117 cm³/mol. The van der Waals surface area contributed by atoms with Gasteiger partial charge in [0.05, 0.1) is 39.6 Å². The lowest BCUT2D eigenvalue weighted by Crippen LogP contribution is -2.13. The Morgan fingerprint density at radius 3 is 1.86 bits per heavy atom. The van der Waals surface area contributed by atoms with E-state index in [1.54, 1.807) is 0 Å². The highest BCUT2D eigenvalue weighted by Crippen LogP contribution is 2.40. The smallest absolute Gasteiger partial charge is 0.168 e. The maximum Gasteiger partial charge on any atom is 0.168 e. The Hall–Kier alpha value is -1.56. The summed E-state index contributed by atoms with van der Waals surface area (Å²) in [5.41, 5.74) is 2.29. The molecule has 1 aromatic carbocycles. The van der Waals surface area contributed by atoms with Gasteiger partial charge < -0.3 is 23.7 Å². The molecule has 0 saturated carbocycles. The number of ether oxygens (including phenoxy) is 5. The fraction of sp³-hybridized carbons (Fsp3) is 0.667. The van der Waals surface area contributed by atoms with Gasteiger partial charge in [-0.3, -0.25) is 0 Å². The first kappa shape index (κ1) is 23.7. The molecule has 29 heavy (non-hydrogen) atoms. The number of rotatable bonds is 4. The van der Waals surface area contributed by atoms with Gasteiger partial charge in [0, 0.05) is 11.1 Å². The van der Waals surface area contributed by atoms with Crippen LogP contribution in [0.2, 0.25) is 0 Å². The van der Waals surface area contributed by atoms with E-state index in [4.69, 9.17) is 23.7 Å². The van der Waals surface area contributed by atoms with Crippen LogP contribution in [-0.2, 0) is 14.2 Å². The highest BCUT2D eigenvalue weighted by molar-refractivity contribution is 5.65. The van der Waals surface area contributed by atoms with Crippen LogP contribution in [0.5, 0.6) is 11.5 Å². The van der Waals surface area contributed by atoms with Crippen LogP contribution in [0.15, 0.2) is 18.2 Å². The molecular weight excluding hydrogens is 368 g/mol. The van der Waals surface area contributed by atoms with Gasteiger partial charge in [-0.25, -0.2) is 0 Å². The van der Waals surface area contributed by atoms with Gasteiger partial charge in [0.25, 0.3) is 0 Å². The minimum atomic E-state index is 0.126. The van der Waals surface area contributed by atoms with Gasteiger partial charge in [-0.1, -0.05) is 58.9 Å². The monoisotopic (exact) mass is 406 g/mol. The molecule has 164 valence electrons. The van der Waals surface area contributed by atoms with Crippen molar-refractivity contribution in [1.29, 1.82) is 0 Å². The van der Waals surface area contributed by atoms with Crippen LogP contribution in [0, 0.1) is 5.41 Å². The molecule has 0 N–H and O–H groups in total. The number of hydrogen-bond acceptors (Lipinski definition) is 5. The summed E-state index contributed by atoms with van der Waals surface area (Å²) < 4.78 is 29.1. The molecule has 0 spiro atoms. The molecule has 0 aliphatic carbocycles. The molecule has 5 nitrogen and oxygen atoms in total. The van der Waals surface area contributed by atoms with Crippen LogP contribution < -0.4 is 9.47 Å². The topological polar surface area (TPSA) is 46.2 Å². The molecular formula is C24H38O5. The molecule has 0 atom stereocenters. The first-order valence-corrected chi connectivity index (χ1v) is 10.8. The van der Waals surface area contributed by atoms with Crippen LogP contribution in [0.25, 0.3) is 6.08 Å². The molecule has 2 rings (SSSR count). The summed E-state index contributed by atoms with van der Waals surface area (Å²) in [6, 6.07) is 4.27. The third-order valence-corrected chi connectivity index (χ3v) is 5.11. The van der Waals surface area contributed by atoms with E-state index in [0.717, 1.165) is 29.0 Å². The normalized spacial score (nSPS) is 17.9. The van der Waals surface area contributed by atoms with Crippen molar-refractivity contribution in [3.05, 3.63) is 29.3 Å². The number of hydrogen-bond donors (Lipinski definition) is 0. The molecule has 0 bridgehead atoms. The predicted octanol–water partition coefficient (Wildman–Crippen LogP) is 5.08. The molecule has 5 heteroatoms. The Morgan fingerprint density at radius 1 is 0.828 bits per heavy atom. The third-order valence-electron chi connectivity index (χ3n) is 5.11. The lowest BCUT2D eigenvalue weighted by molar-refractivity contribution is 0.00705. The van der Waals surface area contributed by atoms with Crippen molar-refractivity contribution in [2.45, 2.75) is 47.0 Å². The van der Waals surface area contributed by atoms with E-state index in [0.29, 0.717) is 58.8 Å². The zero-order valence-corrected chi connectivity index (χ0v) is 18.8. The molecule has 0 fully saturated rings. The summed E-state index contributed by atoms with van der Waals surface area (Å²) in [4.78, 5) is 0. The van der Waals surface area contributed by atoms with Crippen LogP contribution in [0.4, 0.5) is 0 Å². The Labute approximate surface area is 176 Å². The highest BCUT2D eigenvalue weighted by Gasteiger charge is 2.19. The van der Waals surface area contributed by atoms with Gasteiger partial charge >= 0.3 is 0 Å². The minimum absolute atomic E-state index is 0.126. The van der Waals surface area contributed by atoms with Gasteiger partial charge in [-0.15, -0.1) is 0 Å². The van der Waals surface area contributed by atoms with Crippen LogP contribution in [0.1, 0.15) is 58.1 Å². The Bertz CT molecular complexity index is 636. The maximum absolute atomic E-state index is 6.20. The first-order chi connectivity index (χ1) is 13.9. The highest BCUT2D eigenvalue weighted by atomic mass is 16.6. The van der Waals surface area contributed by atoms with E-state index in [2.05, 4.69) is 58.9 Å². The van der Waals surface area contributed by atoms with Crippen molar-refractivity contribution in [1.82, 2.24) is 0 Å². The van der Waals surface area contributed by atoms with Crippen LogP contribution in [-0.4, -0.2) is 52.9 Å². The fourth-order valence-corrected chi connectivity index (χ4v) is 2.86. The van der Waals surface area contributed by atoms with Gasteiger partial charge in [0.15, 0.2) is 11.5 Å². The average molecular weight is 407 g/mol. The van der Waals surface area contributed by atoms with Crippen molar-refractivity contribution in [3.63, 3.8) is 0 Å². The summed E-state index contributed by atoms with van der Waals surface area (Å²) in [5.74, 6) is 1.92. The molecule has 0 amide bonds. The van der Waals surface area contributed by atoms with Crippen molar-refractivity contribution >= 4 is 6.08 Å². The van der Waals surface area contributed by atoms with Crippen LogP contribution in [0.3, 0.4) is 0 Å².